The normalized spacial score (nSPS) is 10.8. The van der Waals surface area contributed by atoms with Gasteiger partial charge in [0.15, 0.2) is 10.9 Å². The smallest absolute Gasteiger partial charge is 0.278 e. The molecule has 168 valence electrons. The second kappa shape index (κ2) is 9.78. The first-order chi connectivity index (χ1) is 15.9. The molecule has 33 heavy (non-hydrogen) atoms. The van der Waals surface area contributed by atoms with Crippen LogP contribution in [0.25, 0.3) is 5.69 Å². The van der Waals surface area contributed by atoms with E-state index < -0.39 is 5.91 Å². The number of thioether (sulfide) groups is 1. The van der Waals surface area contributed by atoms with Crippen LogP contribution in [0.3, 0.4) is 0 Å². The summed E-state index contributed by atoms with van der Waals surface area (Å²) in [7, 11) is 1.59. The van der Waals surface area contributed by atoms with Gasteiger partial charge in [-0.1, -0.05) is 17.0 Å². The Morgan fingerprint density at radius 3 is 2.36 bits per heavy atom. The predicted octanol–water partition coefficient (Wildman–Crippen LogP) is 4.37. The third kappa shape index (κ3) is 5.35. The van der Waals surface area contributed by atoms with Crippen LogP contribution in [-0.4, -0.2) is 38.0 Å². The van der Waals surface area contributed by atoms with E-state index in [0.29, 0.717) is 28.0 Å². The van der Waals surface area contributed by atoms with Crippen LogP contribution in [-0.2, 0) is 5.75 Å². The first-order valence-corrected chi connectivity index (χ1v) is 11.0. The van der Waals surface area contributed by atoms with E-state index in [1.165, 1.54) is 36.0 Å². The van der Waals surface area contributed by atoms with Crippen molar-refractivity contribution in [3.8, 4) is 11.4 Å². The number of aryl methyl sites for hydroxylation is 2. The highest BCUT2D eigenvalue weighted by Gasteiger charge is 2.22. The van der Waals surface area contributed by atoms with E-state index >= 15 is 0 Å². The van der Waals surface area contributed by atoms with E-state index in [0.717, 1.165) is 17.1 Å². The molecule has 0 aliphatic carbocycles. The molecule has 0 atom stereocenters. The first-order valence-electron chi connectivity index (χ1n) is 10.0. The molecule has 0 bridgehead atoms. The van der Waals surface area contributed by atoms with E-state index in [2.05, 4.69) is 25.6 Å². The van der Waals surface area contributed by atoms with Crippen LogP contribution in [0.1, 0.15) is 27.6 Å². The van der Waals surface area contributed by atoms with E-state index in [-0.39, 0.29) is 11.5 Å². The highest BCUT2D eigenvalue weighted by Crippen LogP contribution is 2.25. The Kier molecular flexibility index (Phi) is 6.64. The van der Waals surface area contributed by atoms with Crippen molar-refractivity contribution in [1.82, 2.24) is 25.0 Å². The fraction of sp³-hybridized carbons (Fsp3) is 0.174. The maximum atomic E-state index is 13.2. The molecule has 4 aromatic rings. The van der Waals surface area contributed by atoms with Gasteiger partial charge in [0, 0.05) is 22.8 Å². The molecule has 4 rings (SSSR count). The summed E-state index contributed by atoms with van der Waals surface area (Å²) < 4.78 is 20.0. The van der Waals surface area contributed by atoms with Crippen LogP contribution < -0.4 is 10.1 Å². The van der Waals surface area contributed by atoms with Gasteiger partial charge in [-0.05, 0) is 68.4 Å². The van der Waals surface area contributed by atoms with Crippen molar-refractivity contribution >= 4 is 23.4 Å². The number of anilines is 1. The lowest BCUT2D eigenvalue weighted by molar-refractivity contribution is 0.102. The zero-order valence-electron chi connectivity index (χ0n) is 18.2. The predicted molar refractivity (Wildman–Crippen MR) is 123 cm³/mol. The molecule has 0 radical (unpaired) electrons. The number of halogens is 1. The Bertz CT molecular complexity index is 1260. The molecule has 0 saturated carbocycles. The minimum Gasteiger partial charge on any atom is -0.497 e. The summed E-state index contributed by atoms with van der Waals surface area (Å²) in [4.78, 5) is 21.9. The number of hydrogen-bond donors (Lipinski definition) is 1. The topological polar surface area (TPSA) is 94.8 Å². The van der Waals surface area contributed by atoms with Crippen LogP contribution in [0.5, 0.6) is 5.75 Å². The largest absolute Gasteiger partial charge is 0.497 e. The SMILES string of the molecule is COc1ccc(-n2nnc(C(=O)Nc3ccc(F)cc3)c2CSc2nc(C)cc(C)n2)cc1. The lowest BCUT2D eigenvalue weighted by Crippen LogP contribution is -2.15. The summed E-state index contributed by atoms with van der Waals surface area (Å²) in [6.07, 6.45) is 0. The Balaban J connectivity index is 1.66. The zero-order chi connectivity index (χ0) is 23.4. The minimum atomic E-state index is -0.446. The average molecular weight is 465 g/mol. The van der Waals surface area contributed by atoms with Crippen molar-refractivity contribution in [1.29, 1.82) is 0 Å². The van der Waals surface area contributed by atoms with Crippen molar-refractivity contribution in [2.75, 3.05) is 12.4 Å². The molecule has 2 aromatic heterocycles. The van der Waals surface area contributed by atoms with Crippen LogP contribution in [0, 0.1) is 19.7 Å². The number of nitrogens with zero attached hydrogens (tertiary/aromatic N) is 5. The molecule has 8 nitrogen and oxygen atoms in total. The van der Waals surface area contributed by atoms with E-state index in [1.54, 1.807) is 23.9 Å². The molecule has 0 saturated heterocycles. The number of methoxy groups -OCH3 is 1. The van der Waals surface area contributed by atoms with Crippen LogP contribution in [0.2, 0.25) is 0 Å². The van der Waals surface area contributed by atoms with Gasteiger partial charge in [-0.3, -0.25) is 4.79 Å². The molecular formula is C23H21FN6O2S. The summed E-state index contributed by atoms with van der Waals surface area (Å²) in [5.74, 6) is 0.226. The Hall–Kier alpha value is -3.79. The second-order valence-electron chi connectivity index (χ2n) is 7.18. The summed E-state index contributed by atoms with van der Waals surface area (Å²) in [5.41, 5.74) is 3.64. The molecule has 0 aliphatic heterocycles. The standard InChI is InChI=1S/C23H21FN6O2S/c1-14-12-15(2)26-23(25-14)33-13-20-21(22(31)27-17-6-4-16(24)5-7-17)28-29-30(20)18-8-10-19(32-3)11-9-18/h4-12H,13H2,1-3H3,(H,27,31). The number of aromatic nitrogens is 5. The first kappa shape index (κ1) is 22.4. The Morgan fingerprint density at radius 2 is 1.73 bits per heavy atom. The molecule has 0 unspecified atom stereocenters. The fourth-order valence-electron chi connectivity index (χ4n) is 3.15. The summed E-state index contributed by atoms with van der Waals surface area (Å²) >= 11 is 1.39. The summed E-state index contributed by atoms with van der Waals surface area (Å²) in [6, 6.07) is 14.7. The van der Waals surface area contributed by atoms with Gasteiger partial charge >= 0.3 is 0 Å². The number of benzene rings is 2. The molecule has 1 amide bonds. The number of amides is 1. The van der Waals surface area contributed by atoms with Crippen LogP contribution >= 0.6 is 11.8 Å². The van der Waals surface area contributed by atoms with Gasteiger partial charge in [0.2, 0.25) is 0 Å². The van der Waals surface area contributed by atoms with Crippen molar-refractivity contribution in [3.63, 3.8) is 0 Å². The number of carbonyl (C=O) groups excluding carboxylic acids is 1. The monoisotopic (exact) mass is 464 g/mol. The highest BCUT2D eigenvalue weighted by atomic mass is 32.2. The molecule has 1 N–H and O–H groups in total. The quantitative estimate of drug-likeness (QED) is 0.321. The van der Waals surface area contributed by atoms with E-state index in [1.807, 2.05) is 32.0 Å². The molecule has 10 heteroatoms. The average Bonchev–Trinajstić information content (AvgIpc) is 3.23. The Labute approximate surface area is 194 Å². The zero-order valence-corrected chi connectivity index (χ0v) is 19.1. The third-order valence-corrected chi connectivity index (χ3v) is 5.56. The van der Waals surface area contributed by atoms with Gasteiger partial charge in [-0.2, -0.15) is 0 Å². The van der Waals surface area contributed by atoms with Crippen LogP contribution in [0.4, 0.5) is 10.1 Å². The molecule has 2 heterocycles. The molecular weight excluding hydrogens is 443 g/mol. The number of hydrogen-bond acceptors (Lipinski definition) is 7. The lowest BCUT2D eigenvalue weighted by Gasteiger charge is -2.09. The van der Waals surface area contributed by atoms with Crippen molar-refractivity contribution in [2.45, 2.75) is 24.8 Å². The van der Waals surface area contributed by atoms with Gasteiger partial charge in [0.05, 0.1) is 18.5 Å². The van der Waals surface area contributed by atoms with Crippen LogP contribution in [0.15, 0.2) is 59.8 Å². The van der Waals surface area contributed by atoms with Crippen molar-refractivity contribution in [3.05, 3.63) is 83.2 Å². The fourth-order valence-corrected chi connectivity index (χ4v) is 4.09. The maximum absolute atomic E-state index is 13.2. The van der Waals surface area contributed by atoms with Gasteiger partial charge in [-0.25, -0.2) is 19.0 Å². The van der Waals surface area contributed by atoms with Gasteiger partial charge in [0.25, 0.3) is 5.91 Å². The van der Waals surface area contributed by atoms with Gasteiger partial charge in [-0.15, -0.1) is 5.10 Å². The summed E-state index contributed by atoms with van der Waals surface area (Å²) in [6.45, 7) is 3.81. The molecule has 0 fully saturated rings. The lowest BCUT2D eigenvalue weighted by atomic mass is 10.2. The minimum absolute atomic E-state index is 0.159. The van der Waals surface area contributed by atoms with Crippen molar-refractivity contribution < 1.29 is 13.9 Å². The van der Waals surface area contributed by atoms with Gasteiger partial charge in [0.1, 0.15) is 11.6 Å². The number of rotatable bonds is 7. The third-order valence-electron chi connectivity index (χ3n) is 4.70. The van der Waals surface area contributed by atoms with E-state index in [9.17, 15) is 9.18 Å². The Morgan fingerprint density at radius 1 is 1.06 bits per heavy atom. The van der Waals surface area contributed by atoms with Gasteiger partial charge < -0.3 is 10.1 Å². The number of nitrogens with one attached hydrogen (secondary N) is 1. The molecule has 0 spiro atoms. The van der Waals surface area contributed by atoms with Crippen molar-refractivity contribution in [2.24, 2.45) is 0 Å². The number of ether oxygens (including phenoxy) is 1. The molecule has 2 aromatic carbocycles. The second-order valence-corrected chi connectivity index (χ2v) is 8.12. The highest BCUT2D eigenvalue weighted by molar-refractivity contribution is 7.98. The number of carbonyl (C=O) groups is 1. The van der Waals surface area contributed by atoms with E-state index in [4.69, 9.17) is 4.74 Å². The molecule has 0 aliphatic rings. The summed E-state index contributed by atoms with van der Waals surface area (Å²) in [5, 5.41) is 11.7. The maximum Gasteiger partial charge on any atom is 0.278 e.